The van der Waals surface area contributed by atoms with Crippen LogP contribution in [0, 0.1) is 13.8 Å². The van der Waals surface area contributed by atoms with E-state index in [4.69, 9.17) is 0 Å². The van der Waals surface area contributed by atoms with Crippen LogP contribution in [0.3, 0.4) is 0 Å². The summed E-state index contributed by atoms with van der Waals surface area (Å²) in [6.07, 6.45) is 1.05. The average Bonchev–Trinajstić information content (AvgIpc) is 3.08. The number of hydrazone groups is 1. The first kappa shape index (κ1) is 17.4. The van der Waals surface area contributed by atoms with Crippen LogP contribution in [-0.2, 0) is 6.42 Å². The SMILES string of the molecule is CCc1ccc(/C(C)=N/Nc2nc(-c3ccc(C)cc3C)cs2)cc1. The number of hydrogen-bond acceptors (Lipinski definition) is 4. The van der Waals surface area contributed by atoms with Gasteiger partial charge in [-0.15, -0.1) is 11.3 Å². The van der Waals surface area contributed by atoms with Gasteiger partial charge in [-0.1, -0.05) is 55.0 Å². The van der Waals surface area contributed by atoms with Crippen LogP contribution in [0.5, 0.6) is 0 Å². The van der Waals surface area contributed by atoms with Crippen molar-refractivity contribution in [1.29, 1.82) is 0 Å². The van der Waals surface area contributed by atoms with Crippen molar-refractivity contribution in [1.82, 2.24) is 4.98 Å². The molecule has 3 aromatic rings. The number of aryl methyl sites for hydroxylation is 3. The van der Waals surface area contributed by atoms with Crippen molar-refractivity contribution in [2.75, 3.05) is 5.43 Å². The molecule has 1 N–H and O–H groups in total. The van der Waals surface area contributed by atoms with E-state index in [1.807, 2.05) is 6.92 Å². The van der Waals surface area contributed by atoms with Crippen molar-refractivity contribution in [2.24, 2.45) is 5.10 Å². The van der Waals surface area contributed by atoms with Gasteiger partial charge in [0.2, 0.25) is 5.13 Å². The summed E-state index contributed by atoms with van der Waals surface area (Å²) in [7, 11) is 0. The number of nitrogens with one attached hydrogen (secondary N) is 1. The molecular formula is C21H23N3S. The van der Waals surface area contributed by atoms with Crippen LogP contribution in [-0.4, -0.2) is 10.7 Å². The molecule has 25 heavy (non-hydrogen) atoms. The minimum Gasteiger partial charge on any atom is -0.252 e. The lowest BCUT2D eigenvalue weighted by Crippen LogP contribution is -1.99. The van der Waals surface area contributed by atoms with Crippen LogP contribution in [0.2, 0.25) is 0 Å². The molecule has 128 valence electrons. The second-order valence-corrected chi connectivity index (χ2v) is 7.07. The Balaban J connectivity index is 1.74. The Hall–Kier alpha value is -2.46. The highest BCUT2D eigenvalue weighted by molar-refractivity contribution is 7.14. The number of thiazole rings is 1. The number of benzene rings is 2. The maximum absolute atomic E-state index is 4.66. The van der Waals surface area contributed by atoms with Gasteiger partial charge in [0, 0.05) is 10.9 Å². The fourth-order valence-corrected chi connectivity index (χ4v) is 3.38. The number of anilines is 1. The van der Waals surface area contributed by atoms with Crippen LogP contribution < -0.4 is 5.43 Å². The van der Waals surface area contributed by atoms with Crippen LogP contribution in [0.15, 0.2) is 52.9 Å². The van der Waals surface area contributed by atoms with E-state index in [0.717, 1.165) is 28.5 Å². The molecule has 2 aromatic carbocycles. The van der Waals surface area contributed by atoms with Crippen molar-refractivity contribution < 1.29 is 0 Å². The molecule has 4 heteroatoms. The predicted octanol–water partition coefficient (Wildman–Crippen LogP) is 5.83. The van der Waals surface area contributed by atoms with E-state index in [-0.39, 0.29) is 0 Å². The molecule has 1 heterocycles. The van der Waals surface area contributed by atoms with Crippen LogP contribution in [0.4, 0.5) is 5.13 Å². The summed E-state index contributed by atoms with van der Waals surface area (Å²) in [6, 6.07) is 15.0. The van der Waals surface area contributed by atoms with Crippen molar-refractivity contribution >= 4 is 22.2 Å². The zero-order valence-electron chi connectivity index (χ0n) is 15.1. The molecule has 0 aliphatic rings. The minimum atomic E-state index is 0.805. The minimum absolute atomic E-state index is 0.805. The maximum atomic E-state index is 4.66. The molecule has 0 spiro atoms. The van der Waals surface area contributed by atoms with Gasteiger partial charge in [-0.05, 0) is 43.9 Å². The topological polar surface area (TPSA) is 37.3 Å². The zero-order valence-corrected chi connectivity index (χ0v) is 15.9. The van der Waals surface area contributed by atoms with Gasteiger partial charge in [-0.3, -0.25) is 5.43 Å². The Kier molecular flexibility index (Phi) is 5.29. The van der Waals surface area contributed by atoms with Gasteiger partial charge in [-0.25, -0.2) is 4.98 Å². The molecule has 0 aliphatic carbocycles. The third kappa shape index (κ3) is 4.15. The van der Waals surface area contributed by atoms with E-state index in [2.05, 4.69) is 84.1 Å². The molecule has 0 fully saturated rings. The summed E-state index contributed by atoms with van der Waals surface area (Å²) < 4.78 is 0. The summed E-state index contributed by atoms with van der Waals surface area (Å²) >= 11 is 1.57. The second kappa shape index (κ2) is 7.62. The molecule has 0 unspecified atom stereocenters. The molecule has 3 nitrogen and oxygen atoms in total. The molecule has 0 saturated carbocycles. The van der Waals surface area contributed by atoms with Crippen molar-refractivity contribution in [3.63, 3.8) is 0 Å². The lowest BCUT2D eigenvalue weighted by Gasteiger charge is -2.04. The van der Waals surface area contributed by atoms with Crippen LogP contribution in [0.25, 0.3) is 11.3 Å². The van der Waals surface area contributed by atoms with E-state index in [0.29, 0.717) is 0 Å². The first-order chi connectivity index (χ1) is 12.1. The first-order valence-corrected chi connectivity index (χ1v) is 9.37. The van der Waals surface area contributed by atoms with Gasteiger partial charge in [0.15, 0.2) is 0 Å². The van der Waals surface area contributed by atoms with E-state index < -0.39 is 0 Å². The van der Waals surface area contributed by atoms with Gasteiger partial charge in [0.25, 0.3) is 0 Å². The standard InChI is InChI=1S/C21H23N3S/c1-5-17-7-9-18(10-8-17)16(4)23-24-21-22-20(13-25-21)19-11-6-14(2)12-15(19)3/h6-13H,5H2,1-4H3,(H,22,24)/b23-16+. The summed E-state index contributed by atoms with van der Waals surface area (Å²) in [5.41, 5.74) is 11.2. The Morgan fingerprint density at radius 2 is 1.88 bits per heavy atom. The summed E-state index contributed by atoms with van der Waals surface area (Å²) in [5, 5.41) is 7.35. The third-order valence-electron chi connectivity index (χ3n) is 4.26. The molecule has 0 aliphatic heterocycles. The summed E-state index contributed by atoms with van der Waals surface area (Å²) in [5.74, 6) is 0. The number of rotatable bonds is 5. The fourth-order valence-electron chi connectivity index (χ4n) is 2.73. The van der Waals surface area contributed by atoms with Crippen molar-refractivity contribution in [3.8, 4) is 11.3 Å². The van der Waals surface area contributed by atoms with Gasteiger partial charge in [0.05, 0.1) is 11.4 Å². The predicted molar refractivity (Wildman–Crippen MR) is 109 cm³/mol. The highest BCUT2D eigenvalue weighted by Gasteiger charge is 2.07. The van der Waals surface area contributed by atoms with Crippen LogP contribution >= 0.6 is 11.3 Å². The van der Waals surface area contributed by atoms with E-state index in [1.54, 1.807) is 11.3 Å². The van der Waals surface area contributed by atoms with Crippen molar-refractivity contribution in [2.45, 2.75) is 34.1 Å². The molecule has 3 rings (SSSR count). The van der Waals surface area contributed by atoms with Gasteiger partial charge < -0.3 is 0 Å². The second-order valence-electron chi connectivity index (χ2n) is 6.22. The Bertz CT molecular complexity index is 892. The number of aromatic nitrogens is 1. The van der Waals surface area contributed by atoms with Gasteiger partial charge >= 0.3 is 0 Å². The maximum Gasteiger partial charge on any atom is 0.203 e. The molecule has 0 radical (unpaired) electrons. The Morgan fingerprint density at radius 1 is 1.12 bits per heavy atom. The Labute approximate surface area is 153 Å². The van der Waals surface area contributed by atoms with E-state index in [9.17, 15) is 0 Å². The molecule has 0 bridgehead atoms. The van der Waals surface area contributed by atoms with Crippen molar-refractivity contribution in [3.05, 3.63) is 70.1 Å². The monoisotopic (exact) mass is 349 g/mol. The quantitative estimate of drug-likeness (QED) is 0.465. The summed E-state index contributed by atoms with van der Waals surface area (Å²) in [4.78, 5) is 4.66. The summed E-state index contributed by atoms with van der Waals surface area (Å²) in [6.45, 7) is 8.40. The lowest BCUT2D eigenvalue weighted by molar-refractivity contribution is 1.14. The van der Waals surface area contributed by atoms with E-state index in [1.165, 1.54) is 22.3 Å². The fraction of sp³-hybridized carbons (Fsp3) is 0.238. The number of nitrogens with zero attached hydrogens (tertiary/aromatic N) is 2. The highest BCUT2D eigenvalue weighted by atomic mass is 32.1. The van der Waals surface area contributed by atoms with E-state index >= 15 is 0 Å². The van der Waals surface area contributed by atoms with Gasteiger partial charge in [-0.2, -0.15) is 5.10 Å². The highest BCUT2D eigenvalue weighted by Crippen LogP contribution is 2.28. The smallest absolute Gasteiger partial charge is 0.203 e. The molecule has 0 saturated heterocycles. The zero-order chi connectivity index (χ0) is 17.8. The van der Waals surface area contributed by atoms with Crippen LogP contribution in [0.1, 0.15) is 36.1 Å². The molecular weight excluding hydrogens is 326 g/mol. The number of hydrogen-bond donors (Lipinski definition) is 1. The third-order valence-corrected chi connectivity index (χ3v) is 5.01. The molecule has 1 aromatic heterocycles. The first-order valence-electron chi connectivity index (χ1n) is 8.49. The Morgan fingerprint density at radius 3 is 2.56 bits per heavy atom. The molecule has 0 atom stereocenters. The molecule has 0 amide bonds. The normalized spacial score (nSPS) is 11.6. The largest absolute Gasteiger partial charge is 0.252 e. The average molecular weight is 350 g/mol. The lowest BCUT2D eigenvalue weighted by atomic mass is 10.0. The van der Waals surface area contributed by atoms with Gasteiger partial charge in [0.1, 0.15) is 0 Å².